The fraction of sp³-hybridized carbons (Fsp3) is 0.571. The summed E-state index contributed by atoms with van der Waals surface area (Å²) in [6, 6.07) is 3.88. The van der Waals surface area contributed by atoms with E-state index < -0.39 is 10.0 Å². The Morgan fingerprint density at radius 3 is 2.50 bits per heavy atom. The molecular weight excluding hydrogens is 340 g/mol. The van der Waals surface area contributed by atoms with Crippen LogP contribution in [-0.2, 0) is 10.0 Å². The van der Waals surface area contributed by atoms with Gasteiger partial charge in [0.1, 0.15) is 0 Å². The molecule has 0 atom stereocenters. The van der Waals surface area contributed by atoms with Crippen LogP contribution in [0.2, 0.25) is 0 Å². The Balaban J connectivity index is 2.63. The van der Waals surface area contributed by atoms with E-state index in [0.717, 1.165) is 35.1 Å². The van der Waals surface area contributed by atoms with Gasteiger partial charge in [0, 0.05) is 4.47 Å². The highest BCUT2D eigenvalue weighted by Gasteiger charge is 2.14. The summed E-state index contributed by atoms with van der Waals surface area (Å²) in [4.78, 5) is 0. The van der Waals surface area contributed by atoms with E-state index in [-0.39, 0.29) is 5.75 Å². The summed E-state index contributed by atoms with van der Waals surface area (Å²) in [5, 5.41) is 3.19. The lowest BCUT2D eigenvalue weighted by Gasteiger charge is -2.13. The van der Waals surface area contributed by atoms with Crippen molar-refractivity contribution in [3.05, 3.63) is 27.7 Å². The first kappa shape index (κ1) is 17.5. The Kier molecular flexibility index (Phi) is 6.99. The van der Waals surface area contributed by atoms with Gasteiger partial charge in [-0.3, -0.25) is 4.72 Å². The highest BCUT2D eigenvalue weighted by atomic mass is 79.9. The predicted molar refractivity (Wildman–Crippen MR) is 88.8 cm³/mol. The molecule has 0 aromatic heterocycles. The summed E-state index contributed by atoms with van der Waals surface area (Å²) in [7, 11) is -3.29. The smallest absolute Gasteiger partial charge is 0.232 e. The third-order valence-corrected chi connectivity index (χ3v) is 4.92. The number of hydrogen-bond acceptors (Lipinski definition) is 3. The van der Waals surface area contributed by atoms with Crippen LogP contribution >= 0.6 is 15.9 Å². The lowest BCUT2D eigenvalue weighted by molar-refractivity contribution is 0.593. The molecule has 0 radical (unpaired) electrons. The molecule has 0 fully saturated rings. The molecule has 0 bridgehead atoms. The van der Waals surface area contributed by atoms with Gasteiger partial charge in [0.05, 0.1) is 11.4 Å². The summed E-state index contributed by atoms with van der Waals surface area (Å²) in [6.45, 7) is 7.70. The van der Waals surface area contributed by atoms with Crippen molar-refractivity contribution in [3.63, 3.8) is 0 Å². The Labute approximate surface area is 130 Å². The third-order valence-electron chi connectivity index (χ3n) is 2.96. The molecular formula is C14H23BrN2O2S. The quantitative estimate of drug-likeness (QED) is 0.698. The van der Waals surface area contributed by atoms with Crippen molar-refractivity contribution < 1.29 is 8.42 Å². The fourth-order valence-corrected chi connectivity index (χ4v) is 4.14. The predicted octanol–water partition coefficient (Wildman–Crippen LogP) is 3.20. The third kappa shape index (κ3) is 5.81. The van der Waals surface area contributed by atoms with Crippen LogP contribution in [0.1, 0.15) is 30.9 Å². The number of halogens is 1. The molecule has 2 N–H and O–H groups in total. The summed E-state index contributed by atoms with van der Waals surface area (Å²) >= 11 is 3.42. The molecule has 0 aliphatic heterocycles. The van der Waals surface area contributed by atoms with Crippen LogP contribution in [0, 0.1) is 13.8 Å². The molecule has 1 aromatic carbocycles. The zero-order valence-corrected chi connectivity index (χ0v) is 14.7. The highest BCUT2D eigenvalue weighted by Crippen LogP contribution is 2.28. The van der Waals surface area contributed by atoms with Crippen molar-refractivity contribution in [2.24, 2.45) is 0 Å². The van der Waals surface area contributed by atoms with Crippen LogP contribution < -0.4 is 10.0 Å². The first-order valence-corrected chi connectivity index (χ1v) is 9.28. The molecule has 20 heavy (non-hydrogen) atoms. The second-order valence-corrected chi connectivity index (χ2v) is 7.62. The van der Waals surface area contributed by atoms with Crippen LogP contribution in [0.25, 0.3) is 0 Å². The second-order valence-electron chi connectivity index (χ2n) is 4.92. The van der Waals surface area contributed by atoms with Crippen LogP contribution in [0.5, 0.6) is 0 Å². The van der Waals surface area contributed by atoms with Crippen LogP contribution in [0.3, 0.4) is 0 Å². The summed E-state index contributed by atoms with van der Waals surface area (Å²) in [6.07, 6.45) is 1.52. The zero-order valence-electron chi connectivity index (χ0n) is 12.3. The van der Waals surface area contributed by atoms with E-state index in [1.165, 1.54) is 0 Å². The molecule has 0 saturated heterocycles. The van der Waals surface area contributed by atoms with Crippen molar-refractivity contribution in [2.45, 2.75) is 33.6 Å². The average Bonchev–Trinajstić information content (AvgIpc) is 2.33. The van der Waals surface area contributed by atoms with Gasteiger partial charge in [-0.15, -0.1) is 0 Å². The molecule has 6 heteroatoms. The molecule has 114 valence electrons. The normalized spacial score (nSPS) is 11.6. The van der Waals surface area contributed by atoms with Gasteiger partial charge in [0.15, 0.2) is 0 Å². The van der Waals surface area contributed by atoms with E-state index in [0.29, 0.717) is 12.1 Å². The number of rotatable bonds is 8. The van der Waals surface area contributed by atoms with E-state index >= 15 is 0 Å². The maximum Gasteiger partial charge on any atom is 0.232 e. The van der Waals surface area contributed by atoms with Crippen molar-refractivity contribution in [2.75, 3.05) is 23.6 Å². The van der Waals surface area contributed by atoms with E-state index in [9.17, 15) is 8.42 Å². The molecule has 1 aromatic rings. The average molecular weight is 363 g/mol. The lowest BCUT2D eigenvalue weighted by Crippen LogP contribution is -2.20. The summed E-state index contributed by atoms with van der Waals surface area (Å²) < 4.78 is 27.6. The second kappa shape index (κ2) is 8.00. The van der Waals surface area contributed by atoms with E-state index in [1.807, 2.05) is 32.9 Å². The topological polar surface area (TPSA) is 58.2 Å². The lowest BCUT2D eigenvalue weighted by atomic mass is 10.1. The molecule has 0 saturated carbocycles. The Morgan fingerprint density at radius 1 is 1.20 bits per heavy atom. The monoisotopic (exact) mass is 362 g/mol. The molecule has 0 aliphatic rings. The van der Waals surface area contributed by atoms with Gasteiger partial charge < -0.3 is 5.32 Å². The van der Waals surface area contributed by atoms with Gasteiger partial charge in [-0.05, 0) is 72.9 Å². The first-order chi connectivity index (χ1) is 9.35. The van der Waals surface area contributed by atoms with Gasteiger partial charge in [0.2, 0.25) is 10.0 Å². The molecule has 4 nitrogen and oxygen atoms in total. The molecule has 0 aliphatic carbocycles. The van der Waals surface area contributed by atoms with Crippen LogP contribution in [0.15, 0.2) is 16.6 Å². The molecule has 0 spiro atoms. The largest absolute Gasteiger partial charge is 0.317 e. The SMILES string of the molecule is CCNCCCCS(=O)(=O)Nc1c(C)cc(C)cc1Br. The summed E-state index contributed by atoms with van der Waals surface area (Å²) in [5.74, 6) is 0.151. The van der Waals surface area contributed by atoms with Crippen molar-refractivity contribution in [1.82, 2.24) is 5.32 Å². The van der Waals surface area contributed by atoms with Gasteiger partial charge >= 0.3 is 0 Å². The van der Waals surface area contributed by atoms with Gasteiger partial charge in [-0.2, -0.15) is 0 Å². The van der Waals surface area contributed by atoms with E-state index in [1.54, 1.807) is 0 Å². The van der Waals surface area contributed by atoms with Gasteiger partial charge in [-0.25, -0.2) is 8.42 Å². The van der Waals surface area contributed by atoms with Gasteiger partial charge in [-0.1, -0.05) is 13.0 Å². The summed E-state index contributed by atoms with van der Waals surface area (Å²) in [5.41, 5.74) is 2.67. The maximum atomic E-state index is 12.1. The van der Waals surface area contributed by atoms with Gasteiger partial charge in [0.25, 0.3) is 0 Å². The first-order valence-electron chi connectivity index (χ1n) is 6.83. The van der Waals surface area contributed by atoms with Crippen LogP contribution in [-0.4, -0.2) is 27.3 Å². The van der Waals surface area contributed by atoms with Crippen LogP contribution in [0.4, 0.5) is 5.69 Å². The minimum absolute atomic E-state index is 0.151. The molecule has 0 amide bonds. The number of benzene rings is 1. The Bertz CT molecular complexity index is 521. The van der Waals surface area contributed by atoms with E-state index in [4.69, 9.17) is 0 Å². The Morgan fingerprint density at radius 2 is 1.90 bits per heavy atom. The molecule has 1 rings (SSSR count). The fourth-order valence-electron chi connectivity index (χ4n) is 1.97. The number of sulfonamides is 1. The van der Waals surface area contributed by atoms with E-state index in [2.05, 4.69) is 26.0 Å². The minimum Gasteiger partial charge on any atom is -0.317 e. The number of nitrogens with one attached hydrogen (secondary N) is 2. The number of anilines is 1. The Hall–Kier alpha value is -0.590. The van der Waals surface area contributed by atoms with Crippen molar-refractivity contribution in [1.29, 1.82) is 0 Å². The number of hydrogen-bond donors (Lipinski definition) is 2. The standard InChI is InChI=1S/C14H23BrN2O2S/c1-4-16-7-5-6-8-20(18,19)17-14-12(3)9-11(2)10-13(14)15/h9-10,16-17H,4-8H2,1-3H3. The molecule has 0 heterocycles. The number of unbranched alkanes of at least 4 members (excludes halogenated alkanes) is 1. The maximum absolute atomic E-state index is 12.1. The van der Waals surface area contributed by atoms with Crippen molar-refractivity contribution in [3.8, 4) is 0 Å². The van der Waals surface area contributed by atoms with Crippen molar-refractivity contribution >= 4 is 31.6 Å². The highest BCUT2D eigenvalue weighted by molar-refractivity contribution is 9.10. The number of aryl methyl sites for hydroxylation is 2. The minimum atomic E-state index is -3.29. The molecule has 0 unspecified atom stereocenters. The zero-order chi connectivity index (χ0) is 15.2.